The van der Waals surface area contributed by atoms with Crippen molar-refractivity contribution >= 4 is 25.3 Å². The first kappa shape index (κ1) is 43.7. The summed E-state index contributed by atoms with van der Waals surface area (Å²) in [4.78, 5) is 41.3. The zero-order valence-corrected chi connectivity index (χ0v) is 28.0. The Labute approximate surface area is 260 Å². The molecule has 2 aromatic carbocycles. The van der Waals surface area contributed by atoms with E-state index in [0.717, 1.165) is 24.6 Å². The highest BCUT2D eigenvalue weighted by molar-refractivity contribution is 5.83. The first-order valence-electron chi connectivity index (χ1n) is 14.6. The van der Waals surface area contributed by atoms with Gasteiger partial charge in [0.25, 0.3) is 12.9 Å². The van der Waals surface area contributed by atoms with Gasteiger partial charge in [-0.2, -0.15) is 0 Å². The molecule has 1 atom stereocenters. The van der Waals surface area contributed by atoms with Crippen molar-refractivity contribution in [3.05, 3.63) is 71.8 Å². The molecule has 0 heterocycles. The molecule has 0 aliphatic carbocycles. The van der Waals surface area contributed by atoms with Crippen LogP contribution in [-0.2, 0) is 31.0 Å². The molecule has 0 bridgehead atoms. The van der Waals surface area contributed by atoms with E-state index in [2.05, 4.69) is 108 Å². The molecule has 0 aliphatic heterocycles. The lowest BCUT2D eigenvalue weighted by atomic mass is 9.83. The van der Waals surface area contributed by atoms with Gasteiger partial charge in [0.1, 0.15) is 6.04 Å². The van der Waals surface area contributed by atoms with Crippen molar-refractivity contribution in [3.8, 4) is 0 Å². The Kier molecular flexibility index (Phi) is 26.4. The van der Waals surface area contributed by atoms with Gasteiger partial charge in [-0.3, -0.25) is 24.1 Å². The smallest absolute Gasteiger partial charge is 0.290 e. The molecule has 0 fully saturated rings. The van der Waals surface area contributed by atoms with Crippen LogP contribution in [0.25, 0.3) is 0 Å². The van der Waals surface area contributed by atoms with Crippen molar-refractivity contribution in [2.45, 2.75) is 92.7 Å². The third-order valence-electron chi connectivity index (χ3n) is 5.69. The van der Waals surface area contributed by atoms with E-state index in [4.69, 9.17) is 19.8 Å². The second-order valence-corrected chi connectivity index (χ2v) is 11.8. The van der Waals surface area contributed by atoms with E-state index in [1.54, 1.807) is 0 Å². The van der Waals surface area contributed by atoms with E-state index < -0.39 is 6.04 Å². The van der Waals surface area contributed by atoms with E-state index in [1.807, 2.05) is 37.3 Å². The summed E-state index contributed by atoms with van der Waals surface area (Å²) in [5, 5.41) is 19.0. The SMILES string of the molecule is CC(C)C.CCN(CC(C)(C)c1ccccc1)C(C)(C)C.CCNC(=O)C(Cc1ccccc1)NC=O.O=CO.O=CO. The second kappa shape index (κ2) is 25.9. The topological polar surface area (TPSA) is 136 Å². The normalized spacial score (nSPS) is 10.9. The largest absolute Gasteiger partial charge is 0.483 e. The number of likely N-dealkylation sites (N-methyl/N-ethyl adjacent to an activating group) is 2. The van der Waals surface area contributed by atoms with Crippen LogP contribution in [0, 0.1) is 5.92 Å². The number of rotatable bonds is 10. The van der Waals surface area contributed by atoms with Crippen LogP contribution >= 0.6 is 0 Å². The number of hydrogen-bond donors (Lipinski definition) is 4. The molecule has 2 amide bonds. The first-order chi connectivity index (χ1) is 20.1. The van der Waals surface area contributed by atoms with Gasteiger partial charge in [0.2, 0.25) is 12.3 Å². The van der Waals surface area contributed by atoms with Crippen molar-refractivity contribution in [1.82, 2.24) is 15.5 Å². The molecule has 0 saturated heterocycles. The molecular formula is C34H57N3O6. The molecule has 9 nitrogen and oxygen atoms in total. The van der Waals surface area contributed by atoms with E-state index >= 15 is 0 Å². The van der Waals surface area contributed by atoms with Gasteiger partial charge in [0.15, 0.2) is 0 Å². The Morgan fingerprint density at radius 2 is 1.26 bits per heavy atom. The summed E-state index contributed by atoms with van der Waals surface area (Å²) in [5.41, 5.74) is 2.88. The molecular weight excluding hydrogens is 546 g/mol. The van der Waals surface area contributed by atoms with Gasteiger partial charge in [0.05, 0.1) is 0 Å². The van der Waals surface area contributed by atoms with Crippen molar-refractivity contribution in [2.24, 2.45) is 5.92 Å². The Morgan fingerprint density at radius 1 is 0.837 bits per heavy atom. The summed E-state index contributed by atoms with van der Waals surface area (Å²) in [6, 6.07) is 19.9. The molecule has 9 heteroatoms. The van der Waals surface area contributed by atoms with Crippen molar-refractivity contribution in [2.75, 3.05) is 19.6 Å². The maximum Gasteiger partial charge on any atom is 0.290 e. The Hall–Kier alpha value is -3.72. The van der Waals surface area contributed by atoms with Gasteiger partial charge >= 0.3 is 0 Å². The number of nitrogens with zero attached hydrogens (tertiary/aromatic N) is 1. The third kappa shape index (κ3) is 24.6. The first-order valence-corrected chi connectivity index (χ1v) is 14.6. The van der Waals surface area contributed by atoms with E-state index in [1.165, 1.54) is 5.56 Å². The minimum absolute atomic E-state index is 0.154. The van der Waals surface area contributed by atoms with Gasteiger partial charge in [-0.1, -0.05) is 102 Å². The fraction of sp³-hybridized carbons (Fsp3) is 0.529. The van der Waals surface area contributed by atoms with Crippen LogP contribution in [0.5, 0.6) is 0 Å². The van der Waals surface area contributed by atoms with Crippen molar-refractivity contribution < 1.29 is 29.4 Å². The second-order valence-electron chi connectivity index (χ2n) is 11.8. The summed E-state index contributed by atoms with van der Waals surface area (Å²) in [6.45, 7) is 24.4. The molecule has 0 aromatic heterocycles. The number of carbonyl (C=O) groups is 4. The van der Waals surface area contributed by atoms with Gasteiger partial charge in [-0.05, 0) is 51.3 Å². The maximum absolute atomic E-state index is 11.6. The highest BCUT2D eigenvalue weighted by Crippen LogP contribution is 2.27. The van der Waals surface area contributed by atoms with Crippen molar-refractivity contribution in [1.29, 1.82) is 0 Å². The highest BCUT2D eigenvalue weighted by atomic mass is 16.3. The Bertz CT molecular complexity index is 952. The lowest BCUT2D eigenvalue weighted by Crippen LogP contribution is -2.47. The quantitative estimate of drug-likeness (QED) is 0.259. The van der Waals surface area contributed by atoms with Gasteiger partial charge in [-0.25, -0.2) is 0 Å². The summed E-state index contributed by atoms with van der Waals surface area (Å²) in [7, 11) is 0. The average Bonchev–Trinajstić information content (AvgIpc) is 2.93. The Balaban J connectivity index is -0.000000569. The van der Waals surface area contributed by atoms with Gasteiger partial charge in [0, 0.05) is 30.5 Å². The summed E-state index contributed by atoms with van der Waals surface area (Å²) in [6.07, 6.45) is 1.06. The summed E-state index contributed by atoms with van der Waals surface area (Å²) in [5.74, 6) is 0.679. The van der Waals surface area contributed by atoms with Crippen LogP contribution in [0.3, 0.4) is 0 Å². The highest BCUT2D eigenvalue weighted by Gasteiger charge is 2.28. The summed E-state index contributed by atoms with van der Waals surface area (Å²) < 4.78 is 0. The number of benzene rings is 2. The fourth-order valence-electron chi connectivity index (χ4n) is 3.74. The van der Waals surface area contributed by atoms with Crippen LogP contribution in [0.2, 0.25) is 0 Å². The lowest BCUT2D eigenvalue weighted by Gasteiger charge is -2.40. The Morgan fingerprint density at radius 3 is 1.60 bits per heavy atom. The molecule has 0 spiro atoms. The predicted molar refractivity (Wildman–Crippen MR) is 176 cm³/mol. The van der Waals surface area contributed by atoms with E-state index in [-0.39, 0.29) is 29.8 Å². The number of amides is 2. The van der Waals surface area contributed by atoms with Crippen LogP contribution in [0.4, 0.5) is 0 Å². The lowest BCUT2D eigenvalue weighted by molar-refractivity contribution is -0.125. The zero-order valence-electron chi connectivity index (χ0n) is 28.0. The minimum atomic E-state index is -0.500. The molecule has 1 unspecified atom stereocenters. The van der Waals surface area contributed by atoms with Crippen LogP contribution in [0.15, 0.2) is 60.7 Å². The fourth-order valence-corrected chi connectivity index (χ4v) is 3.74. The maximum atomic E-state index is 11.6. The number of nitrogens with one attached hydrogen (secondary N) is 2. The van der Waals surface area contributed by atoms with Crippen LogP contribution in [-0.4, -0.2) is 71.6 Å². The third-order valence-corrected chi connectivity index (χ3v) is 5.69. The van der Waals surface area contributed by atoms with Crippen LogP contribution < -0.4 is 10.6 Å². The van der Waals surface area contributed by atoms with Crippen molar-refractivity contribution in [3.63, 3.8) is 0 Å². The molecule has 0 aliphatic rings. The predicted octanol–water partition coefficient (Wildman–Crippen LogP) is 5.63. The number of carboxylic acid groups (broad SMARTS) is 2. The minimum Gasteiger partial charge on any atom is -0.483 e. The molecule has 4 N–H and O–H groups in total. The molecule has 0 saturated carbocycles. The van der Waals surface area contributed by atoms with Gasteiger partial charge in [-0.15, -0.1) is 0 Å². The summed E-state index contributed by atoms with van der Waals surface area (Å²) >= 11 is 0. The molecule has 0 radical (unpaired) electrons. The molecule has 43 heavy (non-hydrogen) atoms. The molecule has 2 rings (SSSR count). The van der Waals surface area contributed by atoms with Crippen LogP contribution in [0.1, 0.15) is 80.4 Å². The van der Waals surface area contributed by atoms with E-state index in [0.29, 0.717) is 19.4 Å². The number of hydrogen-bond acceptors (Lipinski definition) is 5. The average molecular weight is 604 g/mol. The zero-order chi connectivity index (χ0) is 33.9. The molecule has 244 valence electrons. The van der Waals surface area contributed by atoms with Gasteiger partial charge < -0.3 is 20.8 Å². The number of carbonyl (C=O) groups excluding carboxylic acids is 2. The standard InChI is InChI=1S/C16H27N.C12H16N2O2.C4H10.2CH2O2/c1-7-17(15(2,3)4)13-16(5,6)14-11-9-8-10-12-14;1-2-13-12(16)11(14-9-15)8-10-6-4-3-5-7-10;1-4(2)3;2*2-1-3/h8-12H,7,13H2,1-6H3;3-7,9,11H,2,8H2,1H3,(H,13,16)(H,14,15);4H,1-3H3;2*1H,(H,2,3). The molecule has 2 aromatic rings. The monoisotopic (exact) mass is 603 g/mol. The van der Waals surface area contributed by atoms with E-state index in [9.17, 15) is 9.59 Å².